The Morgan fingerprint density at radius 2 is 1.74 bits per heavy atom. The number of aromatic amines is 1. The van der Waals surface area contributed by atoms with Gasteiger partial charge in [0, 0.05) is 44.6 Å². The van der Waals surface area contributed by atoms with Crippen molar-refractivity contribution in [3.8, 4) is 16.9 Å². The van der Waals surface area contributed by atoms with Crippen LogP contribution in [0.25, 0.3) is 21.9 Å². The molecule has 1 N–H and O–H groups in total. The standard InChI is InChI=1S/C22H20ClFN2O4.C2H6O.C2H6/c1-13(22(28)26-6-8-29-9-7-26)30-15-3-5-16-18(11-15)21(27)25-12-19(16)17-4-2-14(24)10-20(17)23;1-3-2;1-2/h2-5,10-13H,6-9H2,1H3,(H,25,27);1-2H3;1-2H3. The van der Waals surface area contributed by atoms with E-state index in [0.29, 0.717) is 54.0 Å². The van der Waals surface area contributed by atoms with Crippen molar-refractivity contribution in [2.45, 2.75) is 26.9 Å². The van der Waals surface area contributed by atoms with E-state index in [4.69, 9.17) is 21.1 Å². The summed E-state index contributed by atoms with van der Waals surface area (Å²) in [7, 11) is 3.25. The quantitative estimate of drug-likeness (QED) is 0.544. The molecule has 1 saturated heterocycles. The monoisotopic (exact) mass is 506 g/mol. The van der Waals surface area contributed by atoms with E-state index in [0.717, 1.165) is 0 Å². The molecular formula is C26H32ClFN2O5. The second-order valence-electron chi connectivity index (χ2n) is 7.47. The highest BCUT2D eigenvalue weighted by Crippen LogP contribution is 2.33. The summed E-state index contributed by atoms with van der Waals surface area (Å²) in [4.78, 5) is 29.4. The topological polar surface area (TPSA) is 80.9 Å². The third kappa shape index (κ3) is 7.27. The Labute approximate surface area is 209 Å². The summed E-state index contributed by atoms with van der Waals surface area (Å²) >= 11 is 6.21. The Morgan fingerprint density at radius 1 is 1.09 bits per heavy atom. The molecule has 3 aromatic rings. The SMILES string of the molecule is CC.CC(Oc1ccc2c(-c3ccc(F)cc3Cl)c[nH]c(=O)c2c1)C(=O)N1CCOCC1.COC. The molecule has 1 amide bonds. The van der Waals surface area contributed by atoms with Gasteiger partial charge in [0.1, 0.15) is 11.6 Å². The van der Waals surface area contributed by atoms with Crippen LogP contribution in [0.1, 0.15) is 20.8 Å². The third-order valence-electron chi connectivity index (χ3n) is 5.08. The molecule has 0 saturated carbocycles. The van der Waals surface area contributed by atoms with Crippen molar-refractivity contribution in [3.05, 3.63) is 63.8 Å². The van der Waals surface area contributed by atoms with Gasteiger partial charge in [-0.1, -0.05) is 25.4 Å². The first-order chi connectivity index (χ1) is 16.8. The zero-order chi connectivity index (χ0) is 26.0. The van der Waals surface area contributed by atoms with Crippen LogP contribution in [0.15, 0.2) is 47.4 Å². The molecule has 1 aliphatic rings. The molecule has 1 fully saturated rings. The average molecular weight is 507 g/mol. The van der Waals surface area contributed by atoms with Crippen molar-refractivity contribution >= 4 is 28.3 Å². The molecule has 0 spiro atoms. The van der Waals surface area contributed by atoms with Gasteiger partial charge in [0.15, 0.2) is 6.10 Å². The number of benzene rings is 2. The lowest BCUT2D eigenvalue weighted by Crippen LogP contribution is -2.46. The molecule has 190 valence electrons. The number of nitrogens with zero attached hydrogens (tertiary/aromatic N) is 1. The normalized spacial score (nSPS) is 13.7. The van der Waals surface area contributed by atoms with E-state index < -0.39 is 11.9 Å². The first-order valence-corrected chi connectivity index (χ1v) is 11.8. The Morgan fingerprint density at radius 3 is 2.37 bits per heavy atom. The molecule has 0 bridgehead atoms. The molecule has 1 unspecified atom stereocenters. The first kappa shape index (κ1) is 28.3. The predicted molar refractivity (Wildman–Crippen MR) is 137 cm³/mol. The number of amides is 1. The Bertz CT molecular complexity index is 1180. The van der Waals surface area contributed by atoms with E-state index >= 15 is 0 Å². The number of methoxy groups -OCH3 is 1. The van der Waals surface area contributed by atoms with E-state index in [1.165, 1.54) is 12.1 Å². The van der Waals surface area contributed by atoms with Crippen molar-refractivity contribution in [2.75, 3.05) is 40.5 Å². The van der Waals surface area contributed by atoms with Crippen LogP contribution >= 0.6 is 11.6 Å². The van der Waals surface area contributed by atoms with E-state index in [-0.39, 0.29) is 16.5 Å². The molecule has 2 heterocycles. The number of carbonyl (C=O) groups is 1. The van der Waals surface area contributed by atoms with Crippen molar-refractivity contribution in [1.82, 2.24) is 9.88 Å². The van der Waals surface area contributed by atoms with Crippen LogP contribution in [-0.2, 0) is 14.3 Å². The maximum absolute atomic E-state index is 13.4. The highest BCUT2D eigenvalue weighted by atomic mass is 35.5. The van der Waals surface area contributed by atoms with Gasteiger partial charge >= 0.3 is 0 Å². The Kier molecular flexibility index (Phi) is 11.2. The predicted octanol–water partition coefficient (Wildman–Crippen LogP) is 4.90. The lowest BCUT2D eigenvalue weighted by molar-refractivity contribution is -0.142. The average Bonchev–Trinajstić information content (AvgIpc) is 2.87. The molecule has 0 aliphatic carbocycles. The maximum atomic E-state index is 13.4. The van der Waals surface area contributed by atoms with Crippen LogP contribution < -0.4 is 10.3 Å². The second kappa shape index (κ2) is 13.8. The minimum Gasteiger partial charge on any atom is -0.481 e. The van der Waals surface area contributed by atoms with Gasteiger partial charge in [0.2, 0.25) is 0 Å². The van der Waals surface area contributed by atoms with Gasteiger partial charge < -0.3 is 24.1 Å². The fourth-order valence-electron chi connectivity index (χ4n) is 3.54. The van der Waals surface area contributed by atoms with E-state index in [1.807, 2.05) is 13.8 Å². The lowest BCUT2D eigenvalue weighted by atomic mass is 10.0. The Hall–Kier alpha value is -2.94. The molecular weight excluding hydrogens is 475 g/mol. The summed E-state index contributed by atoms with van der Waals surface area (Å²) in [6, 6.07) is 9.14. The van der Waals surface area contributed by atoms with Gasteiger partial charge in [-0.25, -0.2) is 4.39 Å². The summed E-state index contributed by atoms with van der Waals surface area (Å²) in [5.74, 6) is -0.157. The molecule has 35 heavy (non-hydrogen) atoms. The number of hydrogen-bond donors (Lipinski definition) is 1. The van der Waals surface area contributed by atoms with E-state index in [9.17, 15) is 14.0 Å². The number of ether oxygens (including phenoxy) is 3. The van der Waals surface area contributed by atoms with Gasteiger partial charge in [-0.05, 0) is 48.7 Å². The number of rotatable bonds is 4. The molecule has 0 radical (unpaired) electrons. The van der Waals surface area contributed by atoms with Crippen LogP contribution in [0.5, 0.6) is 5.75 Å². The van der Waals surface area contributed by atoms with Crippen molar-refractivity contribution < 1.29 is 23.4 Å². The smallest absolute Gasteiger partial charge is 0.263 e. The number of pyridine rings is 1. The zero-order valence-corrected chi connectivity index (χ0v) is 21.4. The Balaban J connectivity index is 0.000000803. The van der Waals surface area contributed by atoms with Crippen LogP contribution in [0.3, 0.4) is 0 Å². The van der Waals surface area contributed by atoms with Crippen molar-refractivity contribution in [1.29, 1.82) is 0 Å². The number of carbonyl (C=O) groups excluding carboxylic acids is 1. The fraction of sp³-hybridized carbons (Fsp3) is 0.385. The van der Waals surface area contributed by atoms with E-state index in [1.54, 1.807) is 56.5 Å². The summed E-state index contributed by atoms with van der Waals surface area (Å²) in [6.45, 7) is 7.77. The van der Waals surface area contributed by atoms with E-state index in [2.05, 4.69) is 9.72 Å². The number of hydrogen-bond acceptors (Lipinski definition) is 5. The summed E-state index contributed by atoms with van der Waals surface area (Å²) in [6.07, 6.45) is 0.851. The molecule has 9 heteroatoms. The number of morpholine rings is 1. The number of nitrogens with one attached hydrogen (secondary N) is 1. The van der Waals surface area contributed by atoms with Gasteiger partial charge in [-0.2, -0.15) is 0 Å². The van der Waals surface area contributed by atoms with Gasteiger partial charge in [-0.15, -0.1) is 0 Å². The largest absolute Gasteiger partial charge is 0.481 e. The second-order valence-corrected chi connectivity index (χ2v) is 7.88. The zero-order valence-electron chi connectivity index (χ0n) is 20.7. The number of H-pyrrole nitrogens is 1. The number of aromatic nitrogens is 1. The maximum Gasteiger partial charge on any atom is 0.263 e. The lowest BCUT2D eigenvalue weighted by Gasteiger charge is -2.29. The molecule has 7 nitrogen and oxygen atoms in total. The van der Waals surface area contributed by atoms with Crippen LogP contribution in [0, 0.1) is 5.82 Å². The summed E-state index contributed by atoms with van der Waals surface area (Å²) in [5.41, 5.74) is 0.965. The highest BCUT2D eigenvalue weighted by Gasteiger charge is 2.24. The first-order valence-electron chi connectivity index (χ1n) is 11.4. The van der Waals surface area contributed by atoms with Crippen LogP contribution in [-0.4, -0.2) is 62.4 Å². The van der Waals surface area contributed by atoms with Gasteiger partial charge in [0.05, 0.1) is 23.6 Å². The fourth-order valence-corrected chi connectivity index (χ4v) is 3.81. The van der Waals surface area contributed by atoms with Gasteiger partial charge in [0.25, 0.3) is 11.5 Å². The van der Waals surface area contributed by atoms with Crippen LogP contribution in [0.4, 0.5) is 4.39 Å². The third-order valence-corrected chi connectivity index (χ3v) is 5.39. The van der Waals surface area contributed by atoms with Crippen LogP contribution in [0.2, 0.25) is 5.02 Å². The summed E-state index contributed by atoms with van der Waals surface area (Å²) < 4.78 is 28.8. The van der Waals surface area contributed by atoms with Crippen molar-refractivity contribution in [3.63, 3.8) is 0 Å². The molecule has 4 rings (SSSR count). The van der Waals surface area contributed by atoms with Crippen molar-refractivity contribution in [2.24, 2.45) is 0 Å². The number of fused-ring (bicyclic) bond motifs is 1. The molecule has 1 atom stereocenters. The van der Waals surface area contributed by atoms with Gasteiger partial charge in [-0.3, -0.25) is 9.59 Å². The summed E-state index contributed by atoms with van der Waals surface area (Å²) in [5, 5.41) is 1.27. The minimum atomic E-state index is -0.700. The highest BCUT2D eigenvalue weighted by molar-refractivity contribution is 6.33. The molecule has 1 aliphatic heterocycles. The minimum absolute atomic E-state index is 0.126. The molecule has 2 aromatic carbocycles. The number of halogens is 2. The molecule has 1 aromatic heterocycles.